The lowest BCUT2D eigenvalue weighted by Gasteiger charge is -2.07. The summed E-state index contributed by atoms with van der Waals surface area (Å²) in [5.74, 6) is 3.21. The minimum atomic E-state index is 0.549. The number of rotatable bonds is 9. The largest absolute Gasteiger partial charge is 0.497 e. The molecule has 0 amide bonds. The van der Waals surface area contributed by atoms with E-state index in [1.54, 1.807) is 18.9 Å². The Morgan fingerprint density at radius 1 is 1.09 bits per heavy atom. The van der Waals surface area contributed by atoms with Crippen molar-refractivity contribution in [3.05, 3.63) is 84.8 Å². The summed E-state index contributed by atoms with van der Waals surface area (Å²) in [7, 11) is 1.68. The predicted molar refractivity (Wildman–Crippen MR) is 127 cm³/mol. The molecular formula is C25H25N5OS. The molecule has 162 valence electrons. The van der Waals surface area contributed by atoms with Crippen molar-refractivity contribution >= 4 is 11.8 Å². The highest BCUT2D eigenvalue weighted by atomic mass is 32.2. The summed E-state index contributed by atoms with van der Waals surface area (Å²) in [5, 5.41) is 14.8. The van der Waals surface area contributed by atoms with Gasteiger partial charge in [0.1, 0.15) is 11.6 Å². The van der Waals surface area contributed by atoms with Crippen molar-refractivity contribution in [3.63, 3.8) is 0 Å². The predicted octanol–water partition coefficient (Wildman–Crippen LogP) is 5.50. The van der Waals surface area contributed by atoms with E-state index >= 15 is 0 Å². The Morgan fingerprint density at radius 2 is 1.88 bits per heavy atom. The minimum Gasteiger partial charge on any atom is -0.497 e. The third-order valence-corrected chi connectivity index (χ3v) is 6.55. The van der Waals surface area contributed by atoms with Crippen molar-refractivity contribution in [2.75, 3.05) is 7.11 Å². The second-order valence-electron chi connectivity index (χ2n) is 7.81. The van der Waals surface area contributed by atoms with E-state index in [0.717, 1.165) is 51.5 Å². The Hall–Kier alpha value is -3.32. The Morgan fingerprint density at radius 3 is 2.56 bits per heavy atom. The lowest BCUT2D eigenvalue weighted by Crippen LogP contribution is -2.02. The molecule has 0 unspecified atom stereocenters. The molecule has 1 aliphatic carbocycles. The Balaban J connectivity index is 1.47. The molecule has 6 nitrogen and oxygen atoms in total. The number of benzene rings is 2. The molecule has 0 spiro atoms. The van der Waals surface area contributed by atoms with Crippen molar-refractivity contribution in [1.82, 2.24) is 24.5 Å². The topological polar surface area (TPSA) is 57.8 Å². The van der Waals surface area contributed by atoms with E-state index in [1.165, 1.54) is 12.8 Å². The molecule has 0 N–H and O–H groups in total. The van der Waals surface area contributed by atoms with Gasteiger partial charge < -0.3 is 9.30 Å². The maximum atomic E-state index is 5.32. The van der Waals surface area contributed by atoms with E-state index < -0.39 is 0 Å². The number of allylic oxidation sites excluding steroid dienone is 1. The van der Waals surface area contributed by atoms with Crippen LogP contribution in [0.3, 0.4) is 0 Å². The molecule has 0 radical (unpaired) electrons. The van der Waals surface area contributed by atoms with Gasteiger partial charge in [-0.15, -0.1) is 16.8 Å². The van der Waals surface area contributed by atoms with E-state index in [2.05, 4.69) is 51.8 Å². The maximum absolute atomic E-state index is 5.32. The summed E-state index contributed by atoms with van der Waals surface area (Å²) in [4.78, 5) is 0. The monoisotopic (exact) mass is 443 g/mol. The molecule has 0 bridgehead atoms. The van der Waals surface area contributed by atoms with E-state index in [0.29, 0.717) is 5.92 Å². The summed E-state index contributed by atoms with van der Waals surface area (Å²) in [6, 6.07) is 18.2. The van der Waals surface area contributed by atoms with Crippen LogP contribution in [0.2, 0.25) is 0 Å². The molecule has 2 aromatic heterocycles. The molecule has 32 heavy (non-hydrogen) atoms. The average molecular weight is 444 g/mol. The lowest BCUT2D eigenvalue weighted by atomic mass is 10.1. The van der Waals surface area contributed by atoms with E-state index in [1.807, 2.05) is 41.1 Å². The molecule has 4 aromatic rings. The lowest BCUT2D eigenvalue weighted by molar-refractivity contribution is 0.415. The number of thioether (sulfide) groups is 1. The average Bonchev–Trinajstić information content (AvgIpc) is 3.47. The van der Waals surface area contributed by atoms with E-state index in [-0.39, 0.29) is 0 Å². The molecule has 7 heteroatoms. The third-order valence-electron chi connectivity index (χ3n) is 5.53. The Labute approximate surface area is 191 Å². The first kappa shape index (κ1) is 20.6. The van der Waals surface area contributed by atoms with Gasteiger partial charge in [0, 0.05) is 35.5 Å². The van der Waals surface area contributed by atoms with Gasteiger partial charge in [0.15, 0.2) is 5.16 Å². The molecule has 1 saturated carbocycles. The molecular weight excluding hydrogens is 418 g/mol. The van der Waals surface area contributed by atoms with Crippen molar-refractivity contribution in [3.8, 4) is 22.7 Å². The third kappa shape index (κ3) is 4.21. The molecule has 2 heterocycles. The van der Waals surface area contributed by atoms with Crippen LogP contribution in [0.5, 0.6) is 5.75 Å². The smallest absolute Gasteiger partial charge is 0.191 e. The first-order chi connectivity index (χ1) is 15.8. The van der Waals surface area contributed by atoms with Crippen molar-refractivity contribution < 1.29 is 4.74 Å². The first-order valence-electron chi connectivity index (χ1n) is 10.7. The fourth-order valence-corrected chi connectivity index (χ4v) is 4.63. The second-order valence-corrected chi connectivity index (χ2v) is 8.76. The second kappa shape index (κ2) is 9.04. The number of nitrogens with zero attached hydrogens (tertiary/aromatic N) is 5. The van der Waals surface area contributed by atoms with E-state index in [9.17, 15) is 0 Å². The number of methoxy groups -OCH3 is 1. The summed E-state index contributed by atoms with van der Waals surface area (Å²) in [6.45, 7) is 4.64. The number of hydrogen-bond acceptors (Lipinski definition) is 5. The number of hydrogen-bond donors (Lipinski definition) is 0. The molecule has 1 aliphatic rings. The highest BCUT2D eigenvalue weighted by molar-refractivity contribution is 7.98. The van der Waals surface area contributed by atoms with Gasteiger partial charge in [0.25, 0.3) is 0 Å². The van der Waals surface area contributed by atoms with Crippen molar-refractivity contribution in [2.24, 2.45) is 0 Å². The van der Waals surface area contributed by atoms with Crippen LogP contribution in [0, 0.1) is 0 Å². The molecule has 0 aliphatic heterocycles. The molecule has 0 atom stereocenters. The molecule has 2 aromatic carbocycles. The van der Waals surface area contributed by atoms with Crippen molar-refractivity contribution in [1.29, 1.82) is 0 Å². The van der Waals surface area contributed by atoms with Crippen LogP contribution in [-0.2, 0) is 12.3 Å². The Bertz CT molecular complexity index is 1210. The Kier molecular flexibility index (Phi) is 5.81. The van der Waals surface area contributed by atoms with Gasteiger partial charge in [-0.2, -0.15) is 5.10 Å². The normalized spacial score (nSPS) is 13.3. The van der Waals surface area contributed by atoms with Crippen LogP contribution in [0.1, 0.15) is 30.1 Å². The molecule has 5 rings (SSSR count). The van der Waals surface area contributed by atoms with Crippen LogP contribution >= 0.6 is 11.8 Å². The zero-order valence-electron chi connectivity index (χ0n) is 18.0. The quantitative estimate of drug-likeness (QED) is 0.253. The molecule has 1 fully saturated rings. The van der Waals surface area contributed by atoms with Gasteiger partial charge in [0.2, 0.25) is 0 Å². The maximum Gasteiger partial charge on any atom is 0.191 e. The standard InChI is InChI=1S/C25H25N5OS/c1-3-15-29-24(19-9-10-19)26-27-25(29)32-17-20-16-30(21-7-5-4-6-8-21)28-23(20)18-11-13-22(31-2)14-12-18/h3-8,11-14,16,19H,1,9-10,15,17H2,2H3. The summed E-state index contributed by atoms with van der Waals surface area (Å²) in [5.41, 5.74) is 4.19. The number of para-hydroxylation sites is 1. The number of aromatic nitrogens is 5. The van der Waals surface area contributed by atoms with Gasteiger partial charge >= 0.3 is 0 Å². The van der Waals surface area contributed by atoms with Gasteiger partial charge in [-0.25, -0.2) is 4.68 Å². The summed E-state index contributed by atoms with van der Waals surface area (Å²) >= 11 is 1.69. The van der Waals surface area contributed by atoms with Crippen LogP contribution < -0.4 is 4.74 Å². The minimum absolute atomic E-state index is 0.549. The highest BCUT2D eigenvalue weighted by Crippen LogP contribution is 2.40. The van der Waals surface area contributed by atoms with Gasteiger partial charge in [-0.1, -0.05) is 36.0 Å². The van der Waals surface area contributed by atoms with Crippen LogP contribution in [0.15, 0.2) is 78.6 Å². The number of ether oxygens (including phenoxy) is 1. The summed E-state index contributed by atoms with van der Waals surface area (Å²) in [6.07, 6.45) is 6.42. The zero-order chi connectivity index (χ0) is 21.9. The van der Waals surface area contributed by atoms with Gasteiger partial charge in [-0.3, -0.25) is 0 Å². The molecule has 0 saturated heterocycles. The fourth-order valence-electron chi connectivity index (χ4n) is 3.71. The van der Waals surface area contributed by atoms with Gasteiger partial charge in [-0.05, 0) is 49.2 Å². The van der Waals surface area contributed by atoms with E-state index in [4.69, 9.17) is 9.84 Å². The van der Waals surface area contributed by atoms with Crippen LogP contribution in [-0.4, -0.2) is 31.7 Å². The first-order valence-corrected chi connectivity index (χ1v) is 11.7. The highest BCUT2D eigenvalue weighted by Gasteiger charge is 2.30. The summed E-state index contributed by atoms with van der Waals surface area (Å²) < 4.78 is 9.46. The SMILES string of the molecule is C=CCn1c(SCc2cn(-c3ccccc3)nc2-c2ccc(OC)cc2)nnc1C1CC1. The fraction of sp³-hybridized carbons (Fsp3) is 0.240. The van der Waals surface area contributed by atoms with Gasteiger partial charge in [0.05, 0.1) is 18.5 Å². The zero-order valence-corrected chi connectivity index (χ0v) is 18.8. The van der Waals surface area contributed by atoms with Crippen LogP contribution in [0.25, 0.3) is 16.9 Å². The van der Waals surface area contributed by atoms with Crippen molar-refractivity contribution in [2.45, 2.75) is 36.2 Å². The van der Waals surface area contributed by atoms with Crippen LogP contribution in [0.4, 0.5) is 0 Å².